The second-order valence-corrected chi connectivity index (χ2v) is 5.17. The van der Waals surface area contributed by atoms with Crippen LogP contribution in [0.15, 0.2) is 23.7 Å². The molecule has 0 radical (unpaired) electrons. The third kappa shape index (κ3) is 3.66. The molecule has 0 amide bonds. The van der Waals surface area contributed by atoms with Crippen LogP contribution in [0, 0.1) is 5.92 Å². The van der Waals surface area contributed by atoms with Crippen LogP contribution >= 0.6 is 0 Å². The second kappa shape index (κ2) is 6.50. The number of hydrogen-bond donors (Lipinski definition) is 2. The van der Waals surface area contributed by atoms with Gasteiger partial charge in [0.15, 0.2) is 0 Å². The minimum atomic E-state index is -0.0654. The molecule has 2 saturated heterocycles. The van der Waals surface area contributed by atoms with Gasteiger partial charge in [0.05, 0.1) is 13.0 Å². The fourth-order valence-corrected chi connectivity index (χ4v) is 2.64. The zero-order valence-electron chi connectivity index (χ0n) is 11.5. The van der Waals surface area contributed by atoms with E-state index >= 15 is 0 Å². The Balaban J connectivity index is 1.81. The Labute approximate surface area is 114 Å². The second-order valence-electron chi connectivity index (χ2n) is 5.17. The van der Waals surface area contributed by atoms with Crippen molar-refractivity contribution in [2.45, 2.75) is 25.7 Å². The van der Waals surface area contributed by atoms with Crippen molar-refractivity contribution in [1.29, 1.82) is 0 Å². The smallest absolute Gasteiger partial charge is 0.308 e. The third-order valence-corrected chi connectivity index (χ3v) is 3.89. The first-order valence-corrected chi connectivity index (χ1v) is 6.89. The first kappa shape index (κ1) is 13.8. The van der Waals surface area contributed by atoms with Crippen LogP contribution in [-0.2, 0) is 9.53 Å². The van der Waals surface area contributed by atoms with E-state index in [2.05, 4.69) is 16.4 Å². The summed E-state index contributed by atoms with van der Waals surface area (Å²) in [6.45, 7) is 2.74. The van der Waals surface area contributed by atoms with Crippen LogP contribution in [0.3, 0.4) is 0 Å². The van der Waals surface area contributed by atoms with Crippen molar-refractivity contribution in [1.82, 2.24) is 10.2 Å². The number of nitrogens with zero attached hydrogens (tertiary/aromatic N) is 1. The van der Waals surface area contributed by atoms with Crippen LogP contribution in [0.1, 0.15) is 25.7 Å². The fraction of sp³-hybridized carbons (Fsp3) is 0.643. The van der Waals surface area contributed by atoms with E-state index < -0.39 is 0 Å². The first-order valence-electron chi connectivity index (χ1n) is 6.89. The summed E-state index contributed by atoms with van der Waals surface area (Å²) in [5.74, 6) is 0.0141. The highest BCUT2D eigenvalue weighted by Gasteiger charge is 2.24. The van der Waals surface area contributed by atoms with Crippen molar-refractivity contribution in [3.8, 4) is 0 Å². The quantitative estimate of drug-likeness (QED) is 0.727. The van der Waals surface area contributed by atoms with E-state index in [1.54, 1.807) is 6.20 Å². The lowest BCUT2D eigenvalue weighted by Gasteiger charge is -2.31. The standard InChI is InChI=1S/C14H23N3O2/c1-19-14(18)12-4-6-17(7-5-12)10-11-2-3-13(8-15)16-9-11/h8,10,12,16H,2-7,9,15H2,1H3/b11-10+,13-8-. The van der Waals surface area contributed by atoms with Gasteiger partial charge in [-0.2, -0.15) is 0 Å². The van der Waals surface area contributed by atoms with Crippen molar-refractivity contribution >= 4 is 5.97 Å². The van der Waals surface area contributed by atoms with Gasteiger partial charge in [0.1, 0.15) is 0 Å². The molecular weight excluding hydrogens is 242 g/mol. The fourth-order valence-electron chi connectivity index (χ4n) is 2.64. The summed E-state index contributed by atoms with van der Waals surface area (Å²) in [5, 5.41) is 3.31. The Morgan fingerprint density at radius 3 is 2.68 bits per heavy atom. The minimum Gasteiger partial charge on any atom is -0.469 e. The Morgan fingerprint density at radius 1 is 1.42 bits per heavy atom. The topological polar surface area (TPSA) is 67.6 Å². The summed E-state index contributed by atoms with van der Waals surface area (Å²) in [4.78, 5) is 13.8. The molecule has 106 valence electrons. The Hall–Kier alpha value is -1.65. The molecule has 0 atom stereocenters. The highest BCUT2D eigenvalue weighted by Crippen LogP contribution is 2.21. The number of carbonyl (C=O) groups excluding carboxylic acids is 1. The number of nitrogens with two attached hydrogens (primary N) is 1. The average Bonchev–Trinajstić information content (AvgIpc) is 2.48. The molecule has 19 heavy (non-hydrogen) atoms. The molecule has 5 nitrogen and oxygen atoms in total. The number of nitrogens with one attached hydrogen (secondary N) is 1. The number of rotatable bonds is 2. The maximum atomic E-state index is 11.4. The molecule has 2 rings (SSSR count). The van der Waals surface area contributed by atoms with Crippen LogP contribution in [-0.4, -0.2) is 37.6 Å². The van der Waals surface area contributed by atoms with E-state index in [0.717, 1.165) is 51.0 Å². The van der Waals surface area contributed by atoms with Gasteiger partial charge in [-0.1, -0.05) is 0 Å². The van der Waals surface area contributed by atoms with E-state index in [-0.39, 0.29) is 11.9 Å². The number of likely N-dealkylation sites (tertiary alicyclic amines) is 1. The van der Waals surface area contributed by atoms with Crippen LogP contribution in [0.2, 0.25) is 0 Å². The predicted octanol–water partition coefficient (Wildman–Crippen LogP) is 0.939. The van der Waals surface area contributed by atoms with E-state index in [0.29, 0.717) is 0 Å². The summed E-state index contributed by atoms with van der Waals surface area (Å²) in [7, 11) is 1.47. The SMILES string of the molecule is COC(=O)C1CCN(/C=C2\CC/C(=C/N)NC2)CC1. The molecule has 0 aromatic rings. The van der Waals surface area contributed by atoms with Gasteiger partial charge in [-0.3, -0.25) is 4.79 Å². The summed E-state index contributed by atoms with van der Waals surface area (Å²) in [5.41, 5.74) is 8.02. The van der Waals surface area contributed by atoms with Crippen LogP contribution in [0.4, 0.5) is 0 Å². The molecule has 0 aromatic heterocycles. The molecule has 5 heteroatoms. The lowest BCUT2D eigenvalue weighted by Crippen LogP contribution is -2.34. The molecule has 0 unspecified atom stereocenters. The van der Waals surface area contributed by atoms with Gasteiger partial charge < -0.3 is 20.7 Å². The van der Waals surface area contributed by atoms with E-state index in [1.165, 1.54) is 12.7 Å². The number of esters is 1. The number of hydrogen-bond acceptors (Lipinski definition) is 5. The van der Waals surface area contributed by atoms with Crippen molar-refractivity contribution in [3.05, 3.63) is 23.7 Å². The lowest BCUT2D eigenvalue weighted by molar-refractivity contribution is -0.146. The van der Waals surface area contributed by atoms with Crippen molar-refractivity contribution in [3.63, 3.8) is 0 Å². The van der Waals surface area contributed by atoms with Crippen molar-refractivity contribution < 1.29 is 9.53 Å². The van der Waals surface area contributed by atoms with Gasteiger partial charge in [0.2, 0.25) is 0 Å². The van der Waals surface area contributed by atoms with Crippen LogP contribution in [0.25, 0.3) is 0 Å². The van der Waals surface area contributed by atoms with Gasteiger partial charge in [-0.15, -0.1) is 0 Å². The van der Waals surface area contributed by atoms with Gasteiger partial charge in [0, 0.05) is 31.5 Å². The zero-order chi connectivity index (χ0) is 13.7. The number of allylic oxidation sites excluding steroid dienone is 1. The maximum absolute atomic E-state index is 11.4. The monoisotopic (exact) mass is 265 g/mol. The summed E-state index contributed by atoms with van der Waals surface area (Å²) >= 11 is 0. The maximum Gasteiger partial charge on any atom is 0.308 e. The molecular formula is C14H23N3O2. The van der Waals surface area contributed by atoms with Gasteiger partial charge in [-0.25, -0.2) is 0 Å². The number of methoxy groups -OCH3 is 1. The molecule has 0 aliphatic carbocycles. The first-order chi connectivity index (χ1) is 9.22. The third-order valence-electron chi connectivity index (χ3n) is 3.89. The van der Waals surface area contributed by atoms with E-state index in [1.807, 2.05) is 0 Å². The predicted molar refractivity (Wildman–Crippen MR) is 73.9 cm³/mol. The molecule has 2 fully saturated rings. The highest BCUT2D eigenvalue weighted by atomic mass is 16.5. The van der Waals surface area contributed by atoms with E-state index in [4.69, 9.17) is 10.5 Å². The van der Waals surface area contributed by atoms with Crippen LogP contribution < -0.4 is 11.1 Å². The molecule has 2 heterocycles. The molecule has 0 saturated carbocycles. The molecule has 2 aliphatic rings. The van der Waals surface area contributed by atoms with Gasteiger partial charge in [-0.05, 0) is 37.5 Å². The Kier molecular flexibility index (Phi) is 4.71. The van der Waals surface area contributed by atoms with Crippen molar-refractivity contribution in [2.75, 3.05) is 26.7 Å². The minimum absolute atomic E-state index is 0.0654. The number of carbonyl (C=O) groups is 1. The Bertz CT molecular complexity index is 370. The van der Waals surface area contributed by atoms with Crippen LogP contribution in [0.5, 0.6) is 0 Å². The summed E-state index contributed by atoms with van der Waals surface area (Å²) < 4.78 is 4.80. The number of ether oxygens (including phenoxy) is 1. The summed E-state index contributed by atoms with van der Waals surface area (Å²) in [6.07, 6.45) is 7.72. The molecule has 0 spiro atoms. The molecule has 0 bridgehead atoms. The van der Waals surface area contributed by atoms with E-state index in [9.17, 15) is 4.79 Å². The lowest BCUT2D eigenvalue weighted by atomic mass is 9.97. The zero-order valence-corrected chi connectivity index (χ0v) is 11.5. The van der Waals surface area contributed by atoms with Gasteiger partial charge in [0.25, 0.3) is 0 Å². The van der Waals surface area contributed by atoms with Crippen molar-refractivity contribution in [2.24, 2.45) is 11.7 Å². The normalized spacial score (nSPS) is 25.4. The molecule has 3 N–H and O–H groups in total. The average molecular weight is 265 g/mol. The van der Waals surface area contributed by atoms with Gasteiger partial charge >= 0.3 is 5.97 Å². The largest absolute Gasteiger partial charge is 0.469 e. The summed E-state index contributed by atoms with van der Waals surface area (Å²) in [6, 6.07) is 0. The Morgan fingerprint density at radius 2 is 2.16 bits per heavy atom. The molecule has 0 aromatic carbocycles. The number of piperidine rings is 2. The molecule has 2 aliphatic heterocycles. The highest BCUT2D eigenvalue weighted by molar-refractivity contribution is 5.72.